The molecule has 0 bridgehead atoms. The van der Waals surface area contributed by atoms with E-state index in [1.807, 2.05) is 12.4 Å². The van der Waals surface area contributed by atoms with Crippen LogP contribution in [0.25, 0.3) is 0 Å². The molecular formula is C10H18N2O2. The highest BCUT2D eigenvalue weighted by molar-refractivity contribution is 5.36. The molecule has 80 valence electrons. The Morgan fingerprint density at radius 2 is 2.29 bits per heavy atom. The molecule has 1 aromatic rings. The molecule has 4 heteroatoms. The van der Waals surface area contributed by atoms with Crippen LogP contribution in [0.1, 0.15) is 12.5 Å². The Kier molecular flexibility index (Phi) is 7.55. The van der Waals surface area contributed by atoms with Crippen LogP contribution < -0.4 is 0 Å². The number of nitrogens with zero attached hydrogens (tertiary/aromatic N) is 1. The van der Waals surface area contributed by atoms with Gasteiger partial charge < -0.3 is 14.6 Å². The van der Waals surface area contributed by atoms with Gasteiger partial charge in [-0.15, -0.1) is 0 Å². The molecule has 0 amide bonds. The molecule has 1 heterocycles. The van der Waals surface area contributed by atoms with E-state index in [9.17, 15) is 4.79 Å². The molecule has 0 spiro atoms. The Balaban J connectivity index is 0.000000292. The molecule has 0 atom stereocenters. The second kappa shape index (κ2) is 8.31. The molecule has 0 radical (unpaired) electrons. The molecule has 1 aromatic heterocycles. The van der Waals surface area contributed by atoms with Gasteiger partial charge in [0.25, 0.3) is 6.47 Å². The molecule has 0 saturated carbocycles. The molecule has 0 aliphatic carbocycles. The monoisotopic (exact) mass is 198 g/mol. The van der Waals surface area contributed by atoms with Gasteiger partial charge in [0.15, 0.2) is 0 Å². The van der Waals surface area contributed by atoms with Crippen molar-refractivity contribution in [2.24, 2.45) is 0 Å². The van der Waals surface area contributed by atoms with Crippen molar-refractivity contribution in [2.75, 3.05) is 20.7 Å². The minimum Gasteiger partial charge on any atom is -0.468 e. The fourth-order valence-electron chi connectivity index (χ4n) is 0.890. The Morgan fingerprint density at radius 1 is 1.57 bits per heavy atom. The van der Waals surface area contributed by atoms with Gasteiger partial charge in [-0.05, 0) is 32.6 Å². The smallest absolute Gasteiger partial charge is 0.293 e. The Morgan fingerprint density at radius 3 is 2.57 bits per heavy atom. The van der Waals surface area contributed by atoms with Gasteiger partial charge in [0.2, 0.25) is 0 Å². The maximum Gasteiger partial charge on any atom is 0.293 e. The SMILES string of the molecule is CCOC=O.CN(C)Cc1cc[nH]c1. The number of aromatic amines is 1. The van der Waals surface area contributed by atoms with Gasteiger partial charge in [0.1, 0.15) is 0 Å². The minimum absolute atomic E-state index is 0.431. The van der Waals surface area contributed by atoms with E-state index in [0.717, 1.165) is 6.54 Å². The van der Waals surface area contributed by atoms with Gasteiger partial charge in [0.05, 0.1) is 6.61 Å². The van der Waals surface area contributed by atoms with Crippen molar-refractivity contribution in [3.8, 4) is 0 Å². The summed E-state index contributed by atoms with van der Waals surface area (Å²) in [5.74, 6) is 0. The lowest BCUT2D eigenvalue weighted by molar-refractivity contribution is -0.128. The standard InChI is InChI=1S/C7H12N2.C3H6O2/c1-9(2)6-7-3-4-8-5-7;1-2-5-3-4/h3-5,8H,6H2,1-2H3;3H,2H2,1H3. The van der Waals surface area contributed by atoms with Gasteiger partial charge in [0, 0.05) is 18.9 Å². The van der Waals surface area contributed by atoms with Gasteiger partial charge in [-0.25, -0.2) is 0 Å². The summed E-state index contributed by atoms with van der Waals surface area (Å²) < 4.78 is 4.15. The van der Waals surface area contributed by atoms with E-state index < -0.39 is 0 Å². The third-order valence-corrected chi connectivity index (χ3v) is 1.40. The first-order chi connectivity index (χ1) is 6.70. The van der Waals surface area contributed by atoms with E-state index in [-0.39, 0.29) is 0 Å². The largest absolute Gasteiger partial charge is 0.468 e. The zero-order valence-corrected chi connectivity index (χ0v) is 8.99. The average Bonchev–Trinajstić information content (AvgIpc) is 2.58. The number of nitrogens with one attached hydrogen (secondary N) is 1. The van der Waals surface area contributed by atoms with Crippen molar-refractivity contribution in [1.82, 2.24) is 9.88 Å². The lowest BCUT2D eigenvalue weighted by atomic mass is 10.3. The summed E-state index contributed by atoms with van der Waals surface area (Å²) in [4.78, 5) is 14.3. The zero-order valence-electron chi connectivity index (χ0n) is 8.99. The molecule has 4 nitrogen and oxygen atoms in total. The van der Waals surface area contributed by atoms with Crippen LogP contribution in [0.3, 0.4) is 0 Å². The summed E-state index contributed by atoms with van der Waals surface area (Å²) in [6, 6.07) is 2.08. The summed E-state index contributed by atoms with van der Waals surface area (Å²) in [5, 5.41) is 0. The van der Waals surface area contributed by atoms with E-state index in [0.29, 0.717) is 13.1 Å². The zero-order chi connectivity index (χ0) is 10.8. The molecule has 0 aliphatic heterocycles. The normalized spacial score (nSPS) is 9.14. The molecule has 0 aromatic carbocycles. The molecule has 0 fully saturated rings. The number of H-pyrrole nitrogens is 1. The highest BCUT2D eigenvalue weighted by atomic mass is 16.5. The minimum atomic E-state index is 0.431. The van der Waals surface area contributed by atoms with Crippen LogP contribution in [-0.4, -0.2) is 37.1 Å². The van der Waals surface area contributed by atoms with E-state index in [4.69, 9.17) is 0 Å². The number of hydrogen-bond acceptors (Lipinski definition) is 3. The maximum atomic E-state index is 9.18. The van der Waals surface area contributed by atoms with Crippen LogP contribution in [0, 0.1) is 0 Å². The van der Waals surface area contributed by atoms with Crippen LogP contribution in [-0.2, 0) is 16.1 Å². The number of aromatic nitrogens is 1. The van der Waals surface area contributed by atoms with Crippen molar-refractivity contribution in [3.05, 3.63) is 24.0 Å². The van der Waals surface area contributed by atoms with Crippen LogP contribution in [0.15, 0.2) is 18.5 Å². The number of rotatable bonds is 4. The van der Waals surface area contributed by atoms with Gasteiger partial charge >= 0.3 is 0 Å². The lowest BCUT2D eigenvalue weighted by Gasteiger charge is -2.05. The number of carbonyl (C=O) groups excluding carboxylic acids is 1. The van der Waals surface area contributed by atoms with Gasteiger partial charge in [-0.2, -0.15) is 0 Å². The molecule has 1 rings (SSSR count). The van der Waals surface area contributed by atoms with Crippen molar-refractivity contribution < 1.29 is 9.53 Å². The third kappa shape index (κ3) is 7.36. The van der Waals surface area contributed by atoms with Crippen LogP contribution in [0.5, 0.6) is 0 Å². The summed E-state index contributed by atoms with van der Waals surface area (Å²) in [5.41, 5.74) is 1.33. The van der Waals surface area contributed by atoms with E-state index in [1.54, 1.807) is 6.92 Å². The molecular weight excluding hydrogens is 180 g/mol. The van der Waals surface area contributed by atoms with Gasteiger partial charge in [-0.3, -0.25) is 4.79 Å². The first-order valence-corrected chi connectivity index (χ1v) is 4.52. The van der Waals surface area contributed by atoms with Crippen molar-refractivity contribution in [2.45, 2.75) is 13.5 Å². The maximum absolute atomic E-state index is 9.18. The van der Waals surface area contributed by atoms with Crippen molar-refractivity contribution in [1.29, 1.82) is 0 Å². The summed E-state index contributed by atoms with van der Waals surface area (Å²) in [6.45, 7) is 3.68. The molecule has 14 heavy (non-hydrogen) atoms. The second-order valence-electron chi connectivity index (χ2n) is 3.01. The molecule has 0 aliphatic rings. The average molecular weight is 198 g/mol. The molecule has 0 saturated heterocycles. The Labute approximate surface area is 84.9 Å². The van der Waals surface area contributed by atoms with Gasteiger partial charge in [-0.1, -0.05) is 0 Å². The highest BCUT2D eigenvalue weighted by Gasteiger charge is 1.91. The van der Waals surface area contributed by atoms with Crippen LogP contribution >= 0.6 is 0 Å². The number of hydrogen-bond donors (Lipinski definition) is 1. The van der Waals surface area contributed by atoms with E-state index >= 15 is 0 Å². The summed E-state index contributed by atoms with van der Waals surface area (Å²) in [6.07, 6.45) is 3.96. The van der Waals surface area contributed by atoms with Crippen LogP contribution in [0.4, 0.5) is 0 Å². The number of ether oxygens (including phenoxy) is 1. The van der Waals surface area contributed by atoms with E-state index in [2.05, 4.69) is 34.8 Å². The molecule has 1 N–H and O–H groups in total. The predicted molar refractivity (Wildman–Crippen MR) is 55.9 cm³/mol. The van der Waals surface area contributed by atoms with Crippen molar-refractivity contribution in [3.63, 3.8) is 0 Å². The van der Waals surface area contributed by atoms with E-state index in [1.165, 1.54) is 5.56 Å². The Hall–Kier alpha value is -1.29. The lowest BCUT2D eigenvalue weighted by Crippen LogP contribution is -2.09. The first-order valence-electron chi connectivity index (χ1n) is 4.52. The summed E-state index contributed by atoms with van der Waals surface area (Å²) in [7, 11) is 4.12. The topological polar surface area (TPSA) is 45.3 Å². The van der Waals surface area contributed by atoms with Crippen molar-refractivity contribution >= 4 is 6.47 Å². The quantitative estimate of drug-likeness (QED) is 0.741. The third-order valence-electron chi connectivity index (χ3n) is 1.40. The number of carbonyl (C=O) groups is 1. The fraction of sp³-hybridized carbons (Fsp3) is 0.500. The second-order valence-corrected chi connectivity index (χ2v) is 3.01. The predicted octanol–water partition coefficient (Wildman–Crippen LogP) is 1.26. The molecule has 0 unspecified atom stereocenters. The first kappa shape index (κ1) is 12.7. The fourth-order valence-corrected chi connectivity index (χ4v) is 0.890. The summed E-state index contributed by atoms with van der Waals surface area (Å²) >= 11 is 0. The highest BCUT2D eigenvalue weighted by Crippen LogP contribution is 1.97. The van der Waals surface area contributed by atoms with Crippen LogP contribution in [0.2, 0.25) is 0 Å². The Bertz CT molecular complexity index is 220.